The normalized spacial score (nSPS) is 11.9. The van der Waals surface area contributed by atoms with Gasteiger partial charge >= 0.3 is 0 Å². The van der Waals surface area contributed by atoms with Gasteiger partial charge in [0.2, 0.25) is 0 Å². The fourth-order valence-corrected chi connectivity index (χ4v) is 4.84. The van der Waals surface area contributed by atoms with E-state index in [1.54, 1.807) is 0 Å². The summed E-state index contributed by atoms with van der Waals surface area (Å²) in [5.41, 5.74) is 3.85. The number of halogens is 1. The molecule has 0 bridgehead atoms. The number of fused-ring (bicyclic) bond motifs is 1. The van der Waals surface area contributed by atoms with E-state index in [-0.39, 0.29) is 5.91 Å². The monoisotopic (exact) mass is 450 g/mol. The Kier molecular flexibility index (Phi) is 6.97. The lowest BCUT2D eigenvalue weighted by atomic mass is 10.0. The van der Waals surface area contributed by atoms with Gasteiger partial charge in [0, 0.05) is 18.7 Å². The molecule has 0 atom stereocenters. The number of carbonyl (C=O) groups excluding carboxylic acids is 1. The second kappa shape index (κ2) is 10.1. The van der Waals surface area contributed by atoms with Gasteiger partial charge in [0.25, 0.3) is 5.91 Å². The van der Waals surface area contributed by atoms with Gasteiger partial charge in [0.05, 0.1) is 21.8 Å². The molecular formula is C25H23ClN2O2S. The van der Waals surface area contributed by atoms with E-state index in [4.69, 9.17) is 16.3 Å². The Hall–Kier alpha value is -2.73. The molecule has 3 aromatic carbocycles. The topological polar surface area (TPSA) is 43.6 Å². The molecule has 31 heavy (non-hydrogen) atoms. The summed E-state index contributed by atoms with van der Waals surface area (Å²) in [4.78, 5) is 17.9. The molecule has 0 aliphatic rings. The van der Waals surface area contributed by atoms with Crippen molar-refractivity contribution < 1.29 is 9.53 Å². The molecule has 0 N–H and O–H groups in total. The molecule has 4 nitrogen and oxygen atoms in total. The first-order chi connectivity index (χ1) is 15.2. The number of para-hydroxylation sites is 1. The van der Waals surface area contributed by atoms with Gasteiger partial charge in [-0.3, -0.25) is 4.79 Å². The largest absolute Gasteiger partial charge is 0.380 e. The van der Waals surface area contributed by atoms with Crippen LogP contribution < -0.4 is 4.80 Å². The van der Waals surface area contributed by atoms with E-state index in [1.165, 1.54) is 16.9 Å². The van der Waals surface area contributed by atoms with Crippen molar-refractivity contribution in [3.63, 3.8) is 0 Å². The average Bonchev–Trinajstić information content (AvgIpc) is 3.13. The average molecular weight is 451 g/mol. The van der Waals surface area contributed by atoms with Crippen molar-refractivity contribution in [2.24, 2.45) is 4.99 Å². The summed E-state index contributed by atoms with van der Waals surface area (Å²) in [7, 11) is 0. The van der Waals surface area contributed by atoms with Gasteiger partial charge in [0.1, 0.15) is 0 Å². The summed E-state index contributed by atoms with van der Waals surface area (Å²) in [6.45, 7) is 3.71. The van der Waals surface area contributed by atoms with E-state index >= 15 is 0 Å². The van der Waals surface area contributed by atoms with Gasteiger partial charge in [-0.2, -0.15) is 4.99 Å². The fraction of sp³-hybridized carbons (Fsp3) is 0.200. The zero-order chi connectivity index (χ0) is 21.6. The Morgan fingerprint density at radius 2 is 1.74 bits per heavy atom. The van der Waals surface area contributed by atoms with Crippen molar-refractivity contribution in [3.05, 3.63) is 99.3 Å². The van der Waals surface area contributed by atoms with Gasteiger partial charge in [-0.05, 0) is 48.7 Å². The first-order valence-electron chi connectivity index (χ1n) is 10.2. The van der Waals surface area contributed by atoms with Crippen LogP contribution in [0.2, 0.25) is 5.02 Å². The summed E-state index contributed by atoms with van der Waals surface area (Å²) < 4.78 is 8.48. The molecule has 6 heteroatoms. The smallest absolute Gasteiger partial charge is 0.279 e. The lowest BCUT2D eigenvalue weighted by Gasteiger charge is -2.06. The highest BCUT2D eigenvalue weighted by molar-refractivity contribution is 7.16. The predicted octanol–water partition coefficient (Wildman–Crippen LogP) is 5.72. The van der Waals surface area contributed by atoms with Gasteiger partial charge in [-0.25, -0.2) is 0 Å². The molecule has 0 aliphatic heterocycles. The van der Waals surface area contributed by atoms with Crippen LogP contribution in [-0.4, -0.2) is 23.7 Å². The maximum atomic E-state index is 12.9. The number of carbonyl (C=O) groups is 1. The lowest BCUT2D eigenvalue weighted by molar-refractivity contribution is 0.0996. The molecule has 1 amide bonds. The molecule has 0 aliphatic carbocycles. The first kappa shape index (κ1) is 21.5. The van der Waals surface area contributed by atoms with E-state index in [2.05, 4.69) is 17.1 Å². The van der Waals surface area contributed by atoms with Crippen LogP contribution in [0.15, 0.2) is 77.8 Å². The van der Waals surface area contributed by atoms with Crippen LogP contribution in [-0.2, 0) is 17.7 Å². The molecular weight excluding hydrogens is 428 g/mol. The number of rotatable bonds is 7. The summed E-state index contributed by atoms with van der Waals surface area (Å²) in [6, 6.07) is 23.7. The fourth-order valence-electron chi connectivity index (χ4n) is 3.43. The van der Waals surface area contributed by atoms with Crippen LogP contribution >= 0.6 is 22.9 Å². The second-order valence-electron chi connectivity index (χ2n) is 7.10. The van der Waals surface area contributed by atoms with Crippen molar-refractivity contribution in [2.75, 3.05) is 13.2 Å². The molecule has 4 rings (SSSR count). The molecule has 4 aromatic rings. The number of benzene rings is 3. The van der Waals surface area contributed by atoms with Crippen LogP contribution in [0, 0.1) is 0 Å². The Bertz CT molecular complexity index is 1240. The molecule has 1 aromatic heterocycles. The van der Waals surface area contributed by atoms with Crippen LogP contribution in [0.25, 0.3) is 10.2 Å². The molecule has 158 valence electrons. The third kappa shape index (κ3) is 5.13. The molecule has 0 spiro atoms. The highest BCUT2D eigenvalue weighted by Gasteiger charge is 2.12. The molecule has 0 saturated carbocycles. The van der Waals surface area contributed by atoms with E-state index in [0.717, 1.165) is 22.2 Å². The Morgan fingerprint density at radius 3 is 2.48 bits per heavy atom. The predicted molar refractivity (Wildman–Crippen MR) is 127 cm³/mol. The van der Waals surface area contributed by atoms with Crippen molar-refractivity contribution in [2.45, 2.75) is 19.9 Å². The summed E-state index contributed by atoms with van der Waals surface area (Å²) in [5, 5.41) is 0.643. The van der Waals surface area contributed by atoms with Crippen LogP contribution in [0.3, 0.4) is 0 Å². The maximum Gasteiger partial charge on any atom is 0.279 e. The zero-order valence-electron chi connectivity index (χ0n) is 17.3. The molecule has 1 heterocycles. The number of hydrogen-bond acceptors (Lipinski definition) is 3. The third-order valence-corrected chi connectivity index (χ3v) is 6.31. The number of aromatic nitrogens is 1. The minimum atomic E-state index is -0.265. The van der Waals surface area contributed by atoms with Gasteiger partial charge < -0.3 is 9.30 Å². The van der Waals surface area contributed by atoms with Crippen LogP contribution in [0.5, 0.6) is 0 Å². The molecule has 0 unspecified atom stereocenters. The van der Waals surface area contributed by atoms with E-state index in [1.807, 2.05) is 72.2 Å². The highest BCUT2D eigenvalue weighted by Crippen LogP contribution is 2.25. The minimum Gasteiger partial charge on any atom is -0.380 e. The number of hydrogen-bond donors (Lipinski definition) is 0. The second-order valence-corrected chi connectivity index (χ2v) is 8.51. The van der Waals surface area contributed by atoms with Gasteiger partial charge in [0.15, 0.2) is 4.80 Å². The lowest BCUT2D eigenvalue weighted by Crippen LogP contribution is -2.20. The number of amides is 1. The first-order valence-corrected chi connectivity index (χ1v) is 11.4. The summed E-state index contributed by atoms with van der Waals surface area (Å²) in [5.74, 6) is -0.265. The Morgan fingerprint density at radius 1 is 1.00 bits per heavy atom. The van der Waals surface area contributed by atoms with Crippen molar-refractivity contribution in [3.8, 4) is 0 Å². The Balaban J connectivity index is 1.62. The standard InChI is InChI=1S/C25H23ClN2O2S/c1-2-30-16-15-28-23-21(26)9-6-10-22(23)31-25(28)27-24(29)20-13-11-19(12-14-20)17-18-7-4-3-5-8-18/h3-14H,2,15-17H2,1H3. The van der Waals surface area contributed by atoms with Gasteiger partial charge in [-0.15, -0.1) is 0 Å². The zero-order valence-corrected chi connectivity index (χ0v) is 18.8. The number of nitrogens with zero attached hydrogens (tertiary/aromatic N) is 2. The third-order valence-electron chi connectivity index (χ3n) is 4.96. The highest BCUT2D eigenvalue weighted by atomic mass is 35.5. The van der Waals surface area contributed by atoms with Crippen LogP contribution in [0.1, 0.15) is 28.4 Å². The number of ether oxygens (including phenoxy) is 1. The van der Waals surface area contributed by atoms with Crippen LogP contribution in [0.4, 0.5) is 0 Å². The molecule has 0 fully saturated rings. The van der Waals surface area contributed by atoms with E-state index in [0.29, 0.717) is 35.1 Å². The summed E-state index contributed by atoms with van der Waals surface area (Å²) >= 11 is 7.90. The van der Waals surface area contributed by atoms with Crippen molar-refractivity contribution in [1.29, 1.82) is 0 Å². The van der Waals surface area contributed by atoms with Crippen molar-refractivity contribution >= 4 is 39.1 Å². The quantitative estimate of drug-likeness (QED) is 0.338. The number of thiazole rings is 1. The maximum absolute atomic E-state index is 12.9. The Labute approximate surface area is 190 Å². The minimum absolute atomic E-state index is 0.265. The van der Waals surface area contributed by atoms with Crippen molar-refractivity contribution in [1.82, 2.24) is 4.57 Å². The molecule has 0 radical (unpaired) electrons. The van der Waals surface area contributed by atoms with E-state index < -0.39 is 0 Å². The van der Waals surface area contributed by atoms with E-state index in [9.17, 15) is 4.79 Å². The molecule has 0 saturated heterocycles. The summed E-state index contributed by atoms with van der Waals surface area (Å²) in [6.07, 6.45) is 0.832. The van der Waals surface area contributed by atoms with Gasteiger partial charge in [-0.1, -0.05) is 71.5 Å². The SMILES string of the molecule is CCOCCn1c(=NC(=O)c2ccc(Cc3ccccc3)cc2)sc2cccc(Cl)c21.